The Labute approximate surface area is 124 Å². The number of nitrogens with zero attached hydrogens (tertiary/aromatic N) is 3. The molecule has 0 bridgehead atoms. The molecule has 2 heterocycles. The van der Waals surface area contributed by atoms with Crippen molar-refractivity contribution in [3.8, 4) is 0 Å². The molecule has 20 heavy (non-hydrogen) atoms. The van der Waals surface area contributed by atoms with Crippen LogP contribution in [0.1, 0.15) is 35.0 Å². The molecule has 2 aromatic heterocycles. The zero-order valence-electron chi connectivity index (χ0n) is 12.5. The third-order valence-electron chi connectivity index (χ3n) is 3.07. The normalized spacial score (nSPS) is 12.6. The minimum Gasteiger partial charge on any atom is -0.385 e. The molecular formula is C14H22N4OS. The molecule has 0 aliphatic rings. The molecule has 0 saturated heterocycles. The van der Waals surface area contributed by atoms with Crippen molar-refractivity contribution in [1.29, 1.82) is 0 Å². The Morgan fingerprint density at radius 3 is 2.90 bits per heavy atom. The summed E-state index contributed by atoms with van der Waals surface area (Å²) in [6, 6.07) is 0.194. The van der Waals surface area contributed by atoms with E-state index in [1.165, 1.54) is 4.88 Å². The molecule has 0 aromatic carbocycles. The van der Waals surface area contributed by atoms with Gasteiger partial charge < -0.3 is 14.6 Å². The van der Waals surface area contributed by atoms with Crippen LogP contribution in [0.5, 0.6) is 0 Å². The van der Waals surface area contributed by atoms with Crippen molar-refractivity contribution in [3.05, 3.63) is 28.0 Å². The van der Waals surface area contributed by atoms with E-state index in [4.69, 9.17) is 4.74 Å². The molecule has 0 aliphatic heterocycles. The van der Waals surface area contributed by atoms with Crippen molar-refractivity contribution in [2.75, 3.05) is 25.6 Å². The first-order valence-electron chi connectivity index (χ1n) is 6.82. The molecule has 2 rings (SSSR count). The van der Waals surface area contributed by atoms with Crippen LogP contribution in [0.4, 0.5) is 5.95 Å². The van der Waals surface area contributed by atoms with Crippen molar-refractivity contribution in [3.63, 3.8) is 0 Å². The Morgan fingerprint density at radius 2 is 2.25 bits per heavy atom. The van der Waals surface area contributed by atoms with Gasteiger partial charge in [0.15, 0.2) is 0 Å². The van der Waals surface area contributed by atoms with Gasteiger partial charge in [-0.15, -0.1) is 11.3 Å². The maximum absolute atomic E-state index is 5.06. The third-order valence-corrected chi connectivity index (χ3v) is 4.16. The molecule has 1 N–H and O–H groups in total. The molecule has 0 saturated carbocycles. The number of anilines is 1. The molecule has 0 amide bonds. The van der Waals surface area contributed by atoms with Crippen LogP contribution in [0.15, 0.2) is 12.4 Å². The molecule has 2 aromatic rings. The van der Waals surface area contributed by atoms with Gasteiger partial charge in [0.1, 0.15) is 5.01 Å². The number of rotatable bonds is 7. The van der Waals surface area contributed by atoms with E-state index in [-0.39, 0.29) is 6.04 Å². The van der Waals surface area contributed by atoms with Crippen molar-refractivity contribution >= 4 is 17.3 Å². The fraction of sp³-hybridized carbons (Fsp3) is 0.571. The van der Waals surface area contributed by atoms with Gasteiger partial charge in [-0.25, -0.2) is 9.97 Å². The SMILES string of the molecule is COCCCNc1nc(C)cn1C(C)c1ncc(C)s1. The predicted molar refractivity (Wildman–Crippen MR) is 82.6 cm³/mol. The van der Waals surface area contributed by atoms with E-state index in [0.29, 0.717) is 0 Å². The Hall–Kier alpha value is -1.40. The quantitative estimate of drug-likeness (QED) is 0.798. The number of aryl methyl sites for hydroxylation is 2. The van der Waals surface area contributed by atoms with Gasteiger partial charge >= 0.3 is 0 Å². The highest BCUT2D eigenvalue weighted by atomic mass is 32.1. The maximum Gasteiger partial charge on any atom is 0.203 e. The molecule has 5 nitrogen and oxygen atoms in total. The van der Waals surface area contributed by atoms with E-state index in [9.17, 15) is 0 Å². The van der Waals surface area contributed by atoms with Crippen LogP contribution >= 0.6 is 11.3 Å². The second-order valence-electron chi connectivity index (χ2n) is 4.87. The summed E-state index contributed by atoms with van der Waals surface area (Å²) in [5.74, 6) is 0.902. The summed E-state index contributed by atoms with van der Waals surface area (Å²) in [6.07, 6.45) is 4.96. The standard InChI is InChI=1S/C14H22N4OS/c1-10-9-18(12(3)13-16-8-11(2)20-13)14(17-10)15-6-5-7-19-4/h8-9,12H,5-7H2,1-4H3,(H,15,17). The Balaban J connectivity index is 2.10. The maximum atomic E-state index is 5.06. The monoisotopic (exact) mass is 294 g/mol. The molecule has 0 aliphatic carbocycles. The van der Waals surface area contributed by atoms with Crippen LogP contribution in [0.25, 0.3) is 0 Å². The van der Waals surface area contributed by atoms with E-state index in [0.717, 1.165) is 36.2 Å². The smallest absolute Gasteiger partial charge is 0.203 e. The van der Waals surface area contributed by atoms with E-state index in [2.05, 4.69) is 39.9 Å². The van der Waals surface area contributed by atoms with Gasteiger partial charge in [0.05, 0.1) is 11.7 Å². The lowest BCUT2D eigenvalue weighted by Gasteiger charge is -2.14. The van der Waals surface area contributed by atoms with E-state index in [1.807, 2.05) is 13.1 Å². The minimum atomic E-state index is 0.194. The average molecular weight is 294 g/mol. The first kappa shape index (κ1) is 15.0. The topological polar surface area (TPSA) is 52.0 Å². The number of thiazole rings is 1. The molecule has 110 valence electrons. The number of aromatic nitrogens is 3. The largest absolute Gasteiger partial charge is 0.385 e. The third kappa shape index (κ3) is 3.58. The minimum absolute atomic E-state index is 0.194. The summed E-state index contributed by atoms with van der Waals surface area (Å²) in [7, 11) is 1.72. The summed E-state index contributed by atoms with van der Waals surface area (Å²) in [6.45, 7) is 7.86. The van der Waals surface area contributed by atoms with Crippen LogP contribution in [-0.2, 0) is 4.74 Å². The second kappa shape index (κ2) is 6.85. The number of ether oxygens (including phenoxy) is 1. The van der Waals surface area contributed by atoms with Crippen LogP contribution < -0.4 is 5.32 Å². The summed E-state index contributed by atoms with van der Waals surface area (Å²) in [5, 5.41) is 4.49. The van der Waals surface area contributed by atoms with Crippen molar-refractivity contribution in [1.82, 2.24) is 14.5 Å². The molecular weight excluding hydrogens is 272 g/mol. The fourth-order valence-corrected chi connectivity index (χ4v) is 2.87. The fourth-order valence-electron chi connectivity index (χ4n) is 2.04. The van der Waals surface area contributed by atoms with Gasteiger partial charge in [0.25, 0.3) is 0 Å². The van der Waals surface area contributed by atoms with Crippen LogP contribution in [0.2, 0.25) is 0 Å². The summed E-state index contributed by atoms with van der Waals surface area (Å²) >= 11 is 1.73. The van der Waals surface area contributed by atoms with Gasteiger partial charge in [-0.2, -0.15) is 0 Å². The first-order chi connectivity index (χ1) is 9.61. The Bertz CT molecular complexity index is 549. The molecule has 1 atom stereocenters. The zero-order chi connectivity index (χ0) is 14.5. The lowest BCUT2D eigenvalue weighted by molar-refractivity contribution is 0.197. The zero-order valence-corrected chi connectivity index (χ0v) is 13.3. The molecule has 6 heteroatoms. The summed E-state index contributed by atoms with van der Waals surface area (Å²) in [5.41, 5.74) is 1.01. The highest BCUT2D eigenvalue weighted by Crippen LogP contribution is 2.26. The van der Waals surface area contributed by atoms with Gasteiger partial charge in [-0.05, 0) is 27.2 Å². The second-order valence-corrected chi connectivity index (χ2v) is 6.14. The van der Waals surface area contributed by atoms with Gasteiger partial charge in [0, 0.05) is 37.5 Å². The van der Waals surface area contributed by atoms with Crippen molar-refractivity contribution in [2.45, 2.75) is 33.2 Å². The van der Waals surface area contributed by atoms with Crippen LogP contribution in [-0.4, -0.2) is 34.8 Å². The van der Waals surface area contributed by atoms with Gasteiger partial charge in [-0.1, -0.05) is 0 Å². The lowest BCUT2D eigenvalue weighted by atomic mass is 10.3. The molecule has 1 unspecified atom stereocenters. The molecule has 0 fully saturated rings. The van der Waals surface area contributed by atoms with Crippen molar-refractivity contribution in [2.24, 2.45) is 0 Å². The lowest BCUT2D eigenvalue weighted by Crippen LogP contribution is -2.13. The number of hydrogen-bond donors (Lipinski definition) is 1. The number of methoxy groups -OCH3 is 1. The predicted octanol–water partition coefficient (Wildman–Crippen LogP) is 3.01. The van der Waals surface area contributed by atoms with Gasteiger partial charge in [0.2, 0.25) is 5.95 Å². The Morgan fingerprint density at radius 1 is 1.45 bits per heavy atom. The van der Waals surface area contributed by atoms with Gasteiger partial charge in [-0.3, -0.25) is 0 Å². The number of hydrogen-bond acceptors (Lipinski definition) is 5. The summed E-state index contributed by atoms with van der Waals surface area (Å²) in [4.78, 5) is 10.3. The Kier molecular flexibility index (Phi) is 5.14. The van der Waals surface area contributed by atoms with Crippen molar-refractivity contribution < 1.29 is 4.74 Å². The molecule has 0 spiro atoms. The highest BCUT2D eigenvalue weighted by Gasteiger charge is 2.16. The number of imidazole rings is 1. The van der Waals surface area contributed by atoms with E-state index < -0.39 is 0 Å². The highest BCUT2D eigenvalue weighted by molar-refractivity contribution is 7.11. The summed E-state index contributed by atoms with van der Waals surface area (Å²) < 4.78 is 7.21. The van der Waals surface area contributed by atoms with Crippen LogP contribution in [0, 0.1) is 13.8 Å². The first-order valence-corrected chi connectivity index (χ1v) is 7.64. The van der Waals surface area contributed by atoms with E-state index in [1.54, 1.807) is 18.4 Å². The van der Waals surface area contributed by atoms with E-state index >= 15 is 0 Å². The average Bonchev–Trinajstić information content (AvgIpc) is 3.00. The number of nitrogens with one attached hydrogen (secondary N) is 1. The molecule has 0 radical (unpaired) electrons. The van der Waals surface area contributed by atoms with Crippen LogP contribution in [0.3, 0.4) is 0 Å².